The van der Waals surface area contributed by atoms with Gasteiger partial charge in [0.2, 0.25) is 0 Å². The number of aliphatic hydroxyl groups excluding tert-OH is 1. The number of allylic oxidation sites excluding steroid dienone is 1. The molecule has 4 N–H and O–H groups in total. The number of carbonyl (C=O) groups excluding carboxylic acids is 2. The lowest BCUT2D eigenvalue weighted by molar-refractivity contribution is -0.149. The van der Waals surface area contributed by atoms with Crippen LogP contribution >= 0.6 is 19.5 Å². The SMILES string of the molecule is C=C1C=CN([C@@H]2S[C@H](COP(=O)(N[C@@H](C)C(=O)OC(C)C)Oc3ccccc3)[C@@H](O)[C@@]2(C)O)C(=O)N1. The van der Waals surface area contributed by atoms with Crippen molar-refractivity contribution in [3.05, 3.63) is 54.9 Å². The van der Waals surface area contributed by atoms with E-state index in [9.17, 15) is 24.4 Å². The summed E-state index contributed by atoms with van der Waals surface area (Å²) in [6, 6.07) is 6.72. The Morgan fingerprint density at radius 3 is 2.61 bits per heavy atom. The number of ether oxygens (including phenoxy) is 1. The maximum Gasteiger partial charge on any atom is 0.459 e. The van der Waals surface area contributed by atoms with Crippen LogP contribution in [0.15, 0.2) is 54.9 Å². The van der Waals surface area contributed by atoms with Crippen LogP contribution in [0.1, 0.15) is 27.7 Å². The number of carbonyl (C=O) groups is 2. The highest BCUT2D eigenvalue weighted by molar-refractivity contribution is 8.01. The zero-order chi connectivity index (χ0) is 26.7. The molecule has 1 fully saturated rings. The molecule has 1 unspecified atom stereocenters. The van der Waals surface area contributed by atoms with E-state index in [1.807, 2.05) is 0 Å². The number of para-hydroxylation sites is 1. The van der Waals surface area contributed by atoms with Gasteiger partial charge in [-0.15, -0.1) is 11.8 Å². The van der Waals surface area contributed by atoms with E-state index >= 15 is 0 Å². The van der Waals surface area contributed by atoms with Gasteiger partial charge in [0.05, 0.1) is 24.1 Å². The minimum atomic E-state index is -4.16. The number of nitrogens with one attached hydrogen (secondary N) is 2. The van der Waals surface area contributed by atoms with Crippen molar-refractivity contribution in [1.29, 1.82) is 0 Å². The van der Waals surface area contributed by atoms with E-state index in [-0.39, 0.29) is 18.5 Å². The van der Waals surface area contributed by atoms with Gasteiger partial charge in [-0.1, -0.05) is 24.8 Å². The molecular formula is C23H32N3O8PS. The Bertz CT molecular complexity index is 1050. The van der Waals surface area contributed by atoms with Gasteiger partial charge in [0.15, 0.2) is 0 Å². The van der Waals surface area contributed by atoms with Crippen molar-refractivity contribution in [3.8, 4) is 5.75 Å². The molecule has 2 aliphatic rings. The topological polar surface area (TPSA) is 147 Å². The van der Waals surface area contributed by atoms with E-state index in [1.54, 1.807) is 50.3 Å². The first-order valence-corrected chi connectivity index (χ1v) is 13.8. The number of urea groups is 1. The lowest BCUT2D eigenvalue weighted by atomic mass is 9.96. The number of aliphatic hydroxyl groups is 2. The number of amides is 2. The molecule has 0 radical (unpaired) electrons. The molecule has 1 saturated heterocycles. The van der Waals surface area contributed by atoms with Crippen molar-refractivity contribution < 1.29 is 38.2 Å². The predicted molar refractivity (Wildman–Crippen MR) is 135 cm³/mol. The Morgan fingerprint density at radius 2 is 2.00 bits per heavy atom. The van der Waals surface area contributed by atoms with E-state index in [0.29, 0.717) is 5.70 Å². The Kier molecular flexibility index (Phi) is 8.92. The van der Waals surface area contributed by atoms with Crippen LogP contribution in [0.5, 0.6) is 5.75 Å². The zero-order valence-electron chi connectivity index (χ0n) is 20.5. The van der Waals surface area contributed by atoms with Gasteiger partial charge in [-0.25, -0.2) is 9.36 Å². The molecule has 11 nitrogen and oxygen atoms in total. The first-order chi connectivity index (χ1) is 16.8. The van der Waals surface area contributed by atoms with E-state index in [0.717, 1.165) is 11.8 Å². The normalized spacial score (nSPS) is 28.5. The summed E-state index contributed by atoms with van der Waals surface area (Å²) in [6.45, 7) is 9.59. The molecule has 1 aromatic rings. The summed E-state index contributed by atoms with van der Waals surface area (Å²) in [5.74, 6) is -0.411. The molecule has 2 aliphatic heterocycles. The van der Waals surface area contributed by atoms with Gasteiger partial charge in [-0.3, -0.25) is 14.2 Å². The van der Waals surface area contributed by atoms with Gasteiger partial charge in [-0.05, 0) is 45.9 Å². The first-order valence-electron chi connectivity index (χ1n) is 11.3. The fourth-order valence-corrected chi connectivity index (χ4v) is 6.78. The quantitative estimate of drug-likeness (QED) is 0.258. The molecule has 1 aromatic carbocycles. The van der Waals surface area contributed by atoms with E-state index < -0.39 is 48.1 Å². The summed E-state index contributed by atoms with van der Waals surface area (Å²) in [5, 5.41) is 25.3. The van der Waals surface area contributed by atoms with Gasteiger partial charge in [0.25, 0.3) is 0 Å². The maximum atomic E-state index is 13.7. The molecule has 198 valence electrons. The van der Waals surface area contributed by atoms with Gasteiger partial charge in [0, 0.05) is 11.9 Å². The second kappa shape index (κ2) is 11.4. The van der Waals surface area contributed by atoms with Gasteiger partial charge in [0.1, 0.15) is 22.8 Å². The zero-order valence-corrected chi connectivity index (χ0v) is 22.2. The average Bonchev–Trinajstić information content (AvgIpc) is 3.01. The first kappa shape index (κ1) is 28.2. The summed E-state index contributed by atoms with van der Waals surface area (Å²) < 4.78 is 30.1. The molecule has 0 aliphatic carbocycles. The van der Waals surface area contributed by atoms with Crippen LogP contribution in [0, 0.1) is 0 Å². The van der Waals surface area contributed by atoms with Crippen LogP contribution in [0.2, 0.25) is 0 Å². The molecular weight excluding hydrogens is 509 g/mol. The van der Waals surface area contributed by atoms with E-state index in [2.05, 4.69) is 17.0 Å². The molecule has 36 heavy (non-hydrogen) atoms. The number of esters is 1. The standard InChI is InChI=1S/C23H32N3O8PS/c1-14(2)33-20(28)16(4)25-35(31,34-17-9-7-6-8-10-17)32-13-18-19(27)23(5,30)21(36-18)26-12-11-15(3)24-22(26)29/h6-12,14,16,18-19,21,27,30H,3,13H2,1-2,4-5H3,(H,24,29)(H,25,31)/t16-,18+,19+,21+,23+,35?/m0/s1. The Morgan fingerprint density at radius 1 is 1.33 bits per heavy atom. The van der Waals surface area contributed by atoms with Crippen molar-refractivity contribution in [1.82, 2.24) is 15.3 Å². The number of benzene rings is 1. The highest BCUT2D eigenvalue weighted by Crippen LogP contribution is 2.49. The fourth-order valence-electron chi connectivity index (χ4n) is 3.55. The predicted octanol–water partition coefficient (Wildman–Crippen LogP) is 2.73. The molecule has 3 rings (SSSR count). The smallest absolute Gasteiger partial charge is 0.459 e. The minimum Gasteiger partial charge on any atom is -0.462 e. The Balaban J connectivity index is 1.76. The highest BCUT2D eigenvalue weighted by Gasteiger charge is 2.55. The average molecular weight is 542 g/mol. The fraction of sp³-hybridized carbons (Fsp3) is 0.478. The third-order valence-corrected chi connectivity index (χ3v) is 8.73. The molecule has 0 spiro atoms. The second-order valence-electron chi connectivity index (χ2n) is 8.91. The summed E-state index contributed by atoms with van der Waals surface area (Å²) in [6.07, 6.45) is 1.32. The monoisotopic (exact) mass is 541 g/mol. The summed E-state index contributed by atoms with van der Waals surface area (Å²) in [4.78, 5) is 26.0. The molecule has 13 heteroatoms. The number of rotatable bonds is 10. The molecule has 0 aromatic heterocycles. The van der Waals surface area contributed by atoms with Crippen LogP contribution in [0.4, 0.5) is 4.79 Å². The van der Waals surface area contributed by atoms with Crippen LogP contribution in [-0.4, -0.2) is 68.2 Å². The summed E-state index contributed by atoms with van der Waals surface area (Å²) in [5.41, 5.74) is -1.32. The van der Waals surface area contributed by atoms with Crippen LogP contribution in [0.25, 0.3) is 0 Å². The van der Waals surface area contributed by atoms with E-state index in [1.165, 1.54) is 24.9 Å². The van der Waals surface area contributed by atoms with Crippen LogP contribution < -0.4 is 14.9 Å². The Labute approximate surface area is 214 Å². The molecule has 2 amide bonds. The van der Waals surface area contributed by atoms with Gasteiger partial charge >= 0.3 is 19.7 Å². The molecule has 0 bridgehead atoms. The third-order valence-electron chi connectivity index (χ3n) is 5.38. The maximum absolute atomic E-state index is 13.7. The highest BCUT2D eigenvalue weighted by atomic mass is 32.2. The van der Waals surface area contributed by atoms with Crippen LogP contribution in [-0.2, 0) is 18.6 Å². The summed E-state index contributed by atoms with van der Waals surface area (Å²) in [7, 11) is -4.16. The number of thioether (sulfide) groups is 1. The van der Waals surface area contributed by atoms with E-state index in [4.69, 9.17) is 13.8 Å². The van der Waals surface area contributed by atoms with Crippen molar-refractivity contribution in [2.45, 2.75) is 62.2 Å². The Hall–Kier alpha value is -2.34. The molecule has 2 heterocycles. The summed E-state index contributed by atoms with van der Waals surface area (Å²) >= 11 is 1.08. The lowest BCUT2D eigenvalue weighted by Crippen LogP contribution is -2.55. The number of hydrogen-bond acceptors (Lipinski definition) is 9. The largest absolute Gasteiger partial charge is 0.462 e. The lowest BCUT2D eigenvalue weighted by Gasteiger charge is -2.36. The molecule has 0 saturated carbocycles. The minimum absolute atomic E-state index is 0.234. The molecule has 6 atom stereocenters. The van der Waals surface area contributed by atoms with Crippen molar-refractivity contribution in [2.75, 3.05) is 6.61 Å². The van der Waals surface area contributed by atoms with Gasteiger partial charge < -0.3 is 24.8 Å². The second-order valence-corrected chi connectivity index (χ2v) is 11.9. The number of hydrogen-bond donors (Lipinski definition) is 4. The van der Waals surface area contributed by atoms with Crippen molar-refractivity contribution >= 4 is 31.5 Å². The number of nitrogens with zero attached hydrogens (tertiary/aromatic N) is 1. The van der Waals surface area contributed by atoms with Crippen molar-refractivity contribution in [3.63, 3.8) is 0 Å². The third kappa shape index (κ3) is 6.70. The van der Waals surface area contributed by atoms with Crippen molar-refractivity contribution in [2.24, 2.45) is 0 Å². The van der Waals surface area contributed by atoms with Crippen LogP contribution in [0.3, 0.4) is 0 Å². The van der Waals surface area contributed by atoms with Gasteiger partial charge in [-0.2, -0.15) is 5.09 Å².